The first-order chi connectivity index (χ1) is 14.0. The van der Waals surface area contributed by atoms with Gasteiger partial charge >= 0.3 is 6.09 Å². The Bertz CT molecular complexity index is 894. The summed E-state index contributed by atoms with van der Waals surface area (Å²) >= 11 is 0. The van der Waals surface area contributed by atoms with Crippen LogP contribution in [0.1, 0.15) is 42.8 Å². The Balaban J connectivity index is 1.56. The number of hydrogen-bond acceptors (Lipinski definition) is 5. The molecule has 2 saturated heterocycles. The van der Waals surface area contributed by atoms with E-state index in [2.05, 4.69) is 17.1 Å². The van der Waals surface area contributed by atoms with Crippen LogP contribution >= 0.6 is 0 Å². The van der Waals surface area contributed by atoms with Gasteiger partial charge in [0.1, 0.15) is 18.2 Å². The fourth-order valence-electron chi connectivity index (χ4n) is 4.11. The molecular weight excluding hydrogens is 368 g/mol. The molecule has 2 fully saturated rings. The predicted octanol–water partition coefficient (Wildman–Crippen LogP) is 3.08. The number of aromatic nitrogens is 2. The molecule has 0 spiro atoms. The van der Waals surface area contributed by atoms with E-state index in [1.54, 1.807) is 11.8 Å². The summed E-state index contributed by atoms with van der Waals surface area (Å²) in [7, 11) is 0. The van der Waals surface area contributed by atoms with Crippen LogP contribution in [0, 0.1) is 6.92 Å². The lowest BCUT2D eigenvalue weighted by Crippen LogP contribution is -2.38. The highest BCUT2D eigenvalue weighted by molar-refractivity contribution is 5.89. The molecular formula is C22H26N4O3. The molecule has 2 aliphatic rings. The van der Waals surface area contributed by atoms with Crippen LogP contribution in [-0.2, 0) is 16.0 Å². The van der Waals surface area contributed by atoms with Gasteiger partial charge in [0, 0.05) is 37.7 Å². The van der Waals surface area contributed by atoms with E-state index in [0.717, 1.165) is 43.0 Å². The average molecular weight is 394 g/mol. The van der Waals surface area contributed by atoms with Crippen LogP contribution in [0.2, 0.25) is 0 Å². The first kappa shape index (κ1) is 19.4. The summed E-state index contributed by atoms with van der Waals surface area (Å²) in [4.78, 5) is 37.0. The molecule has 0 bridgehead atoms. The van der Waals surface area contributed by atoms with Gasteiger partial charge in [0.05, 0.1) is 6.04 Å². The summed E-state index contributed by atoms with van der Waals surface area (Å²) < 4.78 is 5.35. The number of carbonyl (C=O) groups excluding carboxylic acids is 2. The number of carbonyl (C=O) groups is 2. The lowest BCUT2D eigenvalue weighted by Gasteiger charge is -2.31. The van der Waals surface area contributed by atoms with Crippen molar-refractivity contribution in [2.75, 3.05) is 24.6 Å². The van der Waals surface area contributed by atoms with Crippen LogP contribution in [0.15, 0.2) is 36.4 Å². The van der Waals surface area contributed by atoms with E-state index in [1.165, 1.54) is 0 Å². The van der Waals surface area contributed by atoms with Crippen molar-refractivity contribution in [3.8, 4) is 0 Å². The Hall–Kier alpha value is -2.96. The number of hydrogen-bond donors (Lipinski definition) is 0. The van der Waals surface area contributed by atoms with E-state index in [9.17, 15) is 9.59 Å². The molecule has 7 heteroatoms. The van der Waals surface area contributed by atoms with Crippen molar-refractivity contribution < 1.29 is 14.3 Å². The van der Waals surface area contributed by atoms with E-state index in [-0.39, 0.29) is 24.0 Å². The lowest BCUT2D eigenvalue weighted by atomic mass is 9.95. The quantitative estimate of drug-likeness (QED) is 0.797. The maximum atomic E-state index is 12.5. The van der Waals surface area contributed by atoms with Crippen LogP contribution in [0.25, 0.3) is 0 Å². The third kappa shape index (κ3) is 4.23. The Morgan fingerprint density at radius 1 is 1.17 bits per heavy atom. The van der Waals surface area contributed by atoms with Crippen LogP contribution in [0.3, 0.4) is 0 Å². The fraction of sp³-hybridized carbons (Fsp3) is 0.455. The number of nitrogens with zero attached hydrogens (tertiary/aromatic N) is 4. The van der Waals surface area contributed by atoms with Gasteiger partial charge in [-0.3, -0.25) is 9.69 Å². The summed E-state index contributed by atoms with van der Waals surface area (Å²) in [5.41, 5.74) is 1.99. The molecule has 152 valence electrons. The highest BCUT2D eigenvalue weighted by Crippen LogP contribution is 2.29. The zero-order valence-corrected chi connectivity index (χ0v) is 16.9. The molecule has 4 rings (SSSR count). The first-order valence-electron chi connectivity index (χ1n) is 10.1. The van der Waals surface area contributed by atoms with Crippen molar-refractivity contribution >= 4 is 17.8 Å². The maximum Gasteiger partial charge on any atom is 0.415 e. The number of aryl methyl sites for hydroxylation is 1. The number of anilines is 1. The van der Waals surface area contributed by atoms with Gasteiger partial charge in [-0.25, -0.2) is 14.8 Å². The van der Waals surface area contributed by atoms with Crippen LogP contribution in [0.5, 0.6) is 0 Å². The molecule has 2 aromatic rings. The van der Waals surface area contributed by atoms with E-state index >= 15 is 0 Å². The van der Waals surface area contributed by atoms with Gasteiger partial charge in [0.25, 0.3) is 0 Å². The van der Waals surface area contributed by atoms with Gasteiger partial charge < -0.3 is 9.64 Å². The molecule has 0 saturated carbocycles. The molecule has 0 unspecified atom stereocenters. The second kappa shape index (κ2) is 8.19. The molecule has 1 atom stereocenters. The molecule has 2 aliphatic heterocycles. The summed E-state index contributed by atoms with van der Waals surface area (Å²) in [5, 5.41) is 0. The van der Waals surface area contributed by atoms with E-state index in [0.29, 0.717) is 18.8 Å². The van der Waals surface area contributed by atoms with Crippen molar-refractivity contribution in [1.29, 1.82) is 0 Å². The molecule has 0 radical (unpaired) electrons. The van der Waals surface area contributed by atoms with E-state index in [1.807, 2.05) is 36.1 Å². The standard InChI is InChI=1S/C22H26N4O3/c1-15-12-20(24-21(23-15)18-8-10-25(11-9-18)16(2)27)26-19(14-29-22(26)28)13-17-6-4-3-5-7-17/h3-7,12,18-19H,8-11,13-14H2,1-2H3/t19-/m0/s1. The Morgan fingerprint density at radius 3 is 2.59 bits per heavy atom. The predicted molar refractivity (Wildman–Crippen MR) is 109 cm³/mol. The highest BCUT2D eigenvalue weighted by Gasteiger charge is 2.36. The van der Waals surface area contributed by atoms with E-state index in [4.69, 9.17) is 9.72 Å². The lowest BCUT2D eigenvalue weighted by molar-refractivity contribution is -0.129. The minimum atomic E-state index is -0.360. The summed E-state index contributed by atoms with van der Waals surface area (Å²) in [6.07, 6.45) is 2.02. The molecule has 3 heterocycles. The number of piperidine rings is 1. The minimum absolute atomic E-state index is 0.0911. The van der Waals surface area contributed by atoms with Gasteiger partial charge in [-0.2, -0.15) is 0 Å². The smallest absolute Gasteiger partial charge is 0.415 e. The number of likely N-dealkylation sites (tertiary alicyclic amines) is 1. The molecule has 1 aromatic heterocycles. The van der Waals surface area contributed by atoms with Crippen molar-refractivity contribution in [3.63, 3.8) is 0 Å². The van der Waals surface area contributed by atoms with Crippen molar-refractivity contribution in [2.24, 2.45) is 0 Å². The first-order valence-corrected chi connectivity index (χ1v) is 10.1. The molecule has 0 aliphatic carbocycles. The van der Waals surface area contributed by atoms with Gasteiger partial charge in [-0.1, -0.05) is 30.3 Å². The Kier molecular flexibility index (Phi) is 5.47. The summed E-state index contributed by atoms with van der Waals surface area (Å²) in [5.74, 6) is 1.65. The Labute approximate surface area is 170 Å². The summed E-state index contributed by atoms with van der Waals surface area (Å²) in [6, 6.07) is 11.8. The SMILES string of the molecule is CC(=O)N1CCC(c2nc(C)cc(N3C(=O)OC[C@@H]3Cc3ccccc3)n2)CC1. The largest absolute Gasteiger partial charge is 0.447 e. The highest BCUT2D eigenvalue weighted by atomic mass is 16.6. The molecule has 0 N–H and O–H groups in total. The van der Waals surface area contributed by atoms with Crippen LogP contribution < -0.4 is 4.90 Å². The number of amides is 2. The topological polar surface area (TPSA) is 75.6 Å². The average Bonchev–Trinajstić information content (AvgIpc) is 3.08. The fourth-order valence-corrected chi connectivity index (χ4v) is 4.11. The minimum Gasteiger partial charge on any atom is -0.447 e. The monoisotopic (exact) mass is 394 g/mol. The second-order valence-electron chi connectivity index (χ2n) is 7.80. The summed E-state index contributed by atoms with van der Waals surface area (Å²) in [6.45, 7) is 5.31. The van der Waals surface area contributed by atoms with Gasteiger partial charge in [-0.15, -0.1) is 0 Å². The number of benzene rings is 1. The van der Waals surface area contributed by atoms with Crippen molar-refractivity contribution in [3.05, 3.63) is 53.5 Å². The van der Waals surface area contributed by atoms with Crippen molar-refractivity contribution in [2.45, 2.75) is 45.1 Å². The van der Waals surface area contributed by atoms with E-state index < -0.39 is 0 Å². The molecule has 1 aromatic carbocycles. The zero-order valence-electron chi connectivity index (χ0n) is 16.9. The molecule has 7 nitrogen and oxygen atoms in total. The number of rotatable bonds is 4. The maximum absolute atomic E-state index is 12.5. The molecule has 29 heavy (non-hydrogen) atoms. The molecule has 2 amide bonds. The normalized spacial score (nSPS) is 20.1. The number of ether oxygens (including phenoxy) is 1. The third-order valence-corrected chi connectivity index (χ3v) is 5.69. The van der Waals surface area contributed by atoms with Crippen molar-refractivity contribution in [1.82, 2.24) is 14.9 Å². The van der Waals surface area contributed by atoms with Crippen LogP contribution in [-0.4, -0.2) is 52.6 Å². The van der Waals surface area contributed by atoms with Gasteiger partial charge in [-0.05, 0) is 31.7 Å². The second-order valence-corrected chi connectivity index (χ2v) is 7.80. The van der Waals surface area contributed by atoms with Crippen LogP contribution in [0.4, 0.5) is 10.6 Å². The van der Waals surface area contributed by atoms with Gasteiger partial charge in [0.15, 0.2) is 0 Å². The zero-order chi connectivity index (χ0) is 20.4. The third-order valence-electron chi connectivity index (χ3n) is 5.69. The number of cyclic esters (lactones) is 1. The Morgan fingerprint density at radius 2 is 1.90 bits per heavy atom. The van der Waals surface area contributed by atoms with Gasteiger partial charge in [0.2, 0.25) is 5.91 Å².